The number of rotatable bonds is 2. The van der Waals surface area contributed by atoms with E-state index < -0.39 is 0 Å². The van der Waals surface area contributed by atoms with E-state index in [0.29, 0.717) is 0 Å². The monoisotopic (exact) mass is 194 g/mol. The van der Waals surface area contributed by atoms with Crippen LogP contribution in [0.4, 0.5) is 0 Å². The van der Waals surface area contributed by atoms with Crippen molar-refractivity contribution in [1.82, 2.24) is 0 Å². The molecule has 2 aliphatic carbocycles. The van der Waals surface area contributed by atoms with Crippen LogP contribution in [0.2, 0.25) is 0 Å². The molecule has 3 aliphatic rings. The van der Waals surface area contributed by atoms with Crippen molar-refractivity contribution < 1.29 is 9.64 Å². The van der Waals surface area contributed by atoms with Crippen LogP contribution < -0.4 is 4.90 Å². The van der Waals surface area contributed by atoms with Gasteiger partial charge in [-0.1, -0.05) is 12.2 Å². The Hall–Kier alpha value is -0.340. The third-order valence-corrected chi connectivity index (χ3v) is 4.17. The van der Waals surface area contributed by atoms with Gasteiger partial charge in [-0.2, -0.15) is 0 Å². The third kappa shape index (κ3) is 1.61. The fourth-order valence-corrected chi connectivity index (χ4v) is 3.36. The van der Waals surface area contributed by atoms with Crippen molar-refractivity contribution in [3.8, 4) is 0 Å². The summed E-state index contributed by atoms with van der Waals surface area (Å²) in [7, 11) is 0. The largest absolute Gasteiger partial charge is 0.370 e. The molecule has 1 heterocycles. The lowest BCUT2D eigenvalue weighted by Crippen LogP contribution is -3.14. The van der Waals surface area contributed by atoms with Crippen LogP contribution in [0, 0.1) is 17.8 Å². The molecule has 0 spiro atoms. The lowest BCUT2D eigenvalue weighted by Gasteiger charge is -2.28. The van der Waals surface area contributed by atoms with Crippen molar-refractivity contribution in [2.75, 3.05) is 32.8 Å². The molecule has 2 heteroatoms. The minimum absolute atomic E-state index is 0.926. The number of ether oxygens (including phenoxy) is 1. The molecule has 2 bridgehead atoms. The summed E-state index contributed by atoms with van der Waals surface area (Å²) < 4.78 is 5.39. The van der Waals surface area contributed by atoms with Gasteiger partial charge in [0.15, 0.2) is 0 Å². The van der Waals surface area contributed by atoms with E-state index in [1.165, 1.54) is 32.5 Å². The molecule has 0 aromatic rings. The van der Waals surface area contributed by atoms with Crippen molar-refractivity contribution in [3.05, 3.63) is 12.2 Å². The highest BCUT2D eigenvalue weighted by atomic mass is 16.5. The van der Waals surface area contributed by atoms with E-state index in [-0.39, 0.29) is 0 Å². The lowest BCUT2D eigenvalue weighted by molar-refractivity contribution is -0.911. The van der Waals surface area contributed by atoms with Gasteiger partial charge in [0.1, 0.15) is 13.1 Å². The van der Waals surface area contributed by atoms with E-state index in [2.05, 4.69) is 12.2 Å². The molecule has 0 amide bonds. The van der Waals surface area contributed by atoms with Crippen LogP contribution in [-0.2, 0) is 4.74 Å². The molecule has 0 radical (unpaired) electrons. The van der Waals surface area contributed by atoms with Crippen molar-refractivity contribution in [2.24, 2.45) is 17.8 Å². The molecule has 0 aromatic heterocycles. The van der Waals surface area contributed by atoms with Gasteiger partial charge in [-0.3, -0.25) is 0 Å². The number of hydrogen-bond donors (Lipinski definition) is 1. The number of quaternary nitrogens is 1. The van der Waals surface area contributed by atoms with Gasteiger partial charge in [0.2, 0.25) is 0 Å². The Morgan fingerprint density at radius 1 is 1.14 bits per heavy atom. The first-order chi connectivity index (χ1) is 6.92. The van der Waals surface area contributed by atoms with Gasteiger partial charge in [-0.15, -0.1) is 0 Å². The molecule has 0 unspecified atom stereocenters. The smallest absolute Gasteiger partial charge is 0.101 e. The standard InChI is InChI=1S/C12H19NO/c1-2-11-7-10(1)8-12(11)9-13-3-5-14-6-4-13/h1-2,10-12H,3-9H2/p+1/t10-,11+,12-/m1/s1. The summed E-state index contributed by atoms with van der Waals surface area (Å²) >= 11 is 0. The van der Waals surface area contributed by atoms with Crippen LogP contribution in [0.25, 0.3) is 0 Å². The quantitative estimate of drug-likeness (QED) is 0.616. The van der Waals surface area contributed by atoms with Crippen molar-refractivity contribution in [3.63, 3.8) is 0 Å². The Morgan fingerprint density at radius 2 is 2.00 bits per heavy atom. The summed E-state index contributed by atoms with van der Waals surface area (Å²) in [4.78, 5) is 1.78. The summed E-state index contributed by atoms with van der Waals surface area (Å²) in [6.45, 7) is 5.82. The average molecular weight is 194 g/mol. The first kappa shape index (κ1) is 8.93. The summed E-state index contributed by atoms with van der Waals surface area (Å²) in [5.41, 5.74) is 0. The molecule has 3 rings (SSSR count). The molecule has 1 saturated carbocycles. The molecule has 78 valence electrons. The molecule has 1 aliphatic heterocycles. The van der Waals surface area contributed by atoms with Gasteiger partial charge in [0.05, 0.1) is 19.8 Å². The van der Waals surface area contributed by atoms with Gasteiger partial charge in [0, 0.05) is 5.92 Å². The van der Waals surface area contributed by atoms with Crippen LogP contribution >= 0.6 is 0 Å². The van der Waals surface area contributed by atoms with E-state index in [4.69, 9.17) is 4.74 Å². The zero-order valence-electron chi connectivity index (χ0n) is 8.74. The summed E-state index contributed by atoms with van der Waals surface area (Å²) in [6, 6.07) is 0. The number of nitrogens with one attached hydrogen (secondary N) is 1. The van der Waals surface area contributed by atoms with Gasteiger partial charge in [-0.25, -0.2) is 0 Å². The number of morpholine rings is 1. The second-order valence-corrected chi connectivity index (χ2v) is 5.11. The van der Waals surface area contributed by atoms with Crippen LogP contribution in [0.1, 0.15) is 12.8 Å². The molecule has 0 aromatic carbocycles. The Morgan fingerprint density at radius 3 is 2.64 bits per heavy atom. The van der Waals surface area contributed by atoms with Crippen LogP contribution in [0.5, 0.6) is 0 Å². The van der Waals surface area contributed by atoms with Gasteiger partial charge >= 0.3 is 0 Å². The molecular formula is C12H20NO+. The van der Waals surface area contributed by atoms with E-state index in [1.54, 1.807) is 4.90 Å². The highest BCUT2D eigenvalue weighted by Gasteiger charge is 2.37. The number of allylic oxidation sites excluding steroid dienone is 2. The second kappa shape index (κ2) is 3.67. The molecule has 1 saturated heterocycles. The molecule has 2 nitrogen and oxygen atoms in total. The predicted molar refractivity (Wildman–Crippen MR) is 55.2 cm³/mol. The second-order valence-electron chi connectivity index (χ2n) is 5.11. The van der Waals surface area contributed by atoms with E-state index in [9.17, 15) is 0 Å². The minimum atomic E-state index is 0.926. The van der Waals surface area contributed by atoms with Crippen LogP contribution in [-0.4, -0.2) is 32.8 Å². The van der Waals surface area contributed by atoms with Crippen LogP contribution in [0.15, 0.2) is 12.2 Å². The highest BCUT2D eigenvalue weighted by Crippen LogP contribution is 2.42. The van der Waals surface area contributed by atoms with E-state index in [0.717, 1.165) is 31.0 Å². The summed E-state index contributed by atoms with van der Waals surface area (Å²) in [5, 5.41) is 0. The minimum Gasteiger partial charge on any atom is -0.370 e. The zero-order valence-corrected chi connectivity index (χ0v) is 8.74. The Bertz CT molecular complexity index is 232. The third-order valence-electron chi connectivity index (χ3n) is 4.17. The number of fused-ring (bicyclic) bond motifs is 2. The van der Waals surface area contributed by atoms with Crippen molar-refractivity contribution in [2.45, 2.75) is 12.8 Å². The van der Waals surface area contributed by atoms with Crippen LogP contribution in [0.3, 0.4) is 0 Å². The Labute approximate surface area is 85.9 Å². The first-order valence-electron chi connectivity index (χ1n) is 6.01. The molecule has 14 heavy (non-hydrogen) atoms. The van der Waals surface area contributed by atoms with Gasteiger partial charge in [-0.05, 0) is 24.7 Å². The average Bonchev–Trinajstić information content (AvgIpc) is 2.81. The molecular weight excluding hydrogens is 174 g/mol. The van der Waals surface area contributed by atoms with E-state index in [1.807, 2.05) is 0 Å². The van der Waals surface area contributed by atoms with Crippen molar-refractivity contribution in [1.29, 1.82) is 0 Å². The maximum Gasteiger partial charge on any atom is 0.101 e. The molecule has 1 N–H and O–H groups in total. The Kier molecular flexibility index (Phi) is 2.34. The maximum atomic E-state index is 5.39. The van der Waals surface area contributed by atoms with Gasteiger partial charge < -0.3 is 9.64 Å². The Balaban J connectivity index is 1.54. The summed E-state index contributed by atoms with van der Waals surface area (Å²) in [5.74, 6) is 2.85. The zero-order chi connectivity index (χ0) is 9.38. The SMILES string of the molecule is C1=C[C@H]2C[C@@H]1C[C@@H]2C[NH+]1CCOCC1. The maximum absolute atomic E-state index is 5.39. The highest BCUT2D eigenvalue weighted by molar-refractivity contribution is 5.09. The molecule has 2 fully saturated rings. The lowest BCUT2D eigenvalue weighted by atomic mass is 9.93. The summed E-state index contributed by atoms with van der Waals surface area (Å²) in [6.07, 6.45) is 7.83. The molecule has 3 atom stereocenters. The van der Waals surface area contributed by atoms with E-state index >= 15 is 0 Å². The van der Waals surface area contributed by atoms with Gasteiger partial charge in [0.25, 0.3) is 0 Å². The first-order valence-corrected chi connectivity index (χ1v) is 6.01. The normalized spacial score (nSPS) is 42.1. The fraction of sp³-hybridized carbons (Fsp3) is 0.833. The predicted octanol–water partition coefficient (Wildman–Crippen LogP) is 0.114. The number of hydrogen-bond acceptors (Lipinski definition) is 1. The topological polar surface area (TPSA) is 13.7 Å². The van der Waals surface area contributed by atoms with Crippen molar-refractivity contribution >= 4 is 0 Å². The fourth-order valence-electron chi connectivity index (χ4n) is 3.36.